The maximum absolute atomic E-state index is 15.8. The number of phosphoric ester groups is 4. The molecule has 12 N–H and O–H groups in total. The summed E-state index contributed by atoms with van der Waals surface area (Å²) in [6.07, 6.45) is -28.9. The number of benzene rings is 4. The van der Waals surface area contributed by atoms with Crippen LogP contribution < -0.4 is 57.2 Å². The average molecular weight is 1850 g/mol. The van der Waals surface area contributed by atoms with Gasteiger partial charge in [-0.1, -0.05) is 79.4 Å². The summed E-state index contributed by atoms with van der Waals surface area (Å²) in [5.41, 5.74) is -3.82. The number of aryl methyl sites for hydroxylation is 4. The number of para-hydroxylation sites is 4. The number of H-pyrrole nitrogens is 3. The third kappa shape index (κ3) is 18.5. The average Bonchev–Trinajstić information content (AvgIpc) is 1.55. The number of carbonyl (C=O) groups excluding carboxylic acids is 1. The Bertz CT molecular complexity index is 6340. The molecule has 1 amide bonds. The number of aromatic amines is 3. The number of phosphoric acid groups is 4. The third-order valence-electron chi connectivity index (χ3n) is 18.8. The number of aromatic nitrogens is 6. The van der Waals surface area contributed by atoms with Gasteiger partial charge in [-0.15, -0.1) is 0 Å². The Labute approximate surface area is 695 Å². The standard InChI is InChI=1S/C18H19F2N2O8P.3C17H17F2N2O9P/c1-9-4-3-5-11-7-27-31(26,30-14(9)11)28-8-18(20)15(24)13(23)17(29-18)22-6-12(19)16(25)21-10(22)2;3*1-8-3-2-4-9-6-27-31(26,30-12(8)9)28-7-17(19)13(23)11(22)15(29-17)21-5-10(18)14(24)20-16(21)25/h3-6,13,15,17,23-24H,2,7-8H2,1H3,(H,21,25);3*2-5,11,13,15,22-23H,6-7H2,1H3,(H,20,24,25)/t13-,15+,17-,18-,31?;3*11-,13+,15-,17-,31?/m1111/s1/i8D2,17D;15D;7D2;. The number of carbonyl (C=O) groups is 1. The lowest BCUT2D eigenvalue weighted by molar-refractivity contribution is -0.208. The second-order valence-electron chi connectivity index (χ2n) is 27.5. The molecule has 124 heavy (non-hydrogen) atoms. The summed E-state index contributed by atoms with van der Waals surface area (Å²) in [5.74, 6) is -21.7. The Kier molecular flexibility index (Phi) is 23.7. The SMILES string of the molecule is Cc1cccc2c1OP(=O)(OC[C@@]1(F)O[C@@H](n3cc(F)c(=O)[nH]c3=O)[C@H](O)[C@@H]1O)OC2.[2H]C([2H])(OP1(=O)OCc2cccc(C)c2O1)[C@@]1(F)O[C@@H](n2cc(F)c(=O)[nH]c2=O)[C@H](O)[C@@H]1O.[2H]C([2H])(OP1(=O)OCc2cccc(C)c2O1)[C@@]1(F)O[C@@]([2H])(N2C=C(F)C(=O)NC2=C)[C@H](O)[C@@H]1O.[2H][C@@]1(n2cc(F)c(=O)[nH]c2=O)O[C@](F)(COP2(=O)OCc3cccc(C)c3O2)[C@@H](O)[C@H]1O. The number of aliphatic hydroxyl groups excluding tert-OH is 8. The summed E-state index contributed by atoms with van der Waals surface area (Å²) in [5, 5.41) is 83.5. The van der Waals surface area contributed by atoms with Crippen molar-refractivity contribution in [3.63, 3.8) is 0 Å². The van der Waals surface area contributed by atoms with Crippen molar-refractivity contribution in [2.75, 3.05) is 26.3 Å². The van der Waals surface area contributed by atoms with Gasteiger partial charge >= 0.3 is 48.4 Å². The molecule has 672 valence electrons. The van der Waals surface area contributed by atoms with Crippen molar-refractivity contribution in [2.24, 2.45) is 0 Å². The first-order valence-electron chi connectivity index (χ1n) is 38.3. The number of nitrogens with zero attached hydrogens (tertiary/aromatic N) is 4. The van der Waals surface area contributed by atoms with Gasteiger partial charge in [0.2, 0.25) is 23.3 Å². The summed E-state index contributed by atoms with van der Waals surface area (Å²) in [4.78, 5) is 85.8. The normalized spacial score (nSPS) is 35.3. The number of nitrogens with one attached hydrogen (secondary N) is 4. The van der Waals surface area contributed by atoms with Gasteiger partial charge in [0.05, 0.1) is 53.2 Å². The highest BCUT2D eigenvalue weighted by Gasteiger charge is 2.63. The number of rotatable bonds is 16. The highest BCUT2D eigenvalue weighted by Crippen LogP contribution is 2.61. The largest absolute Gasteiger partial charge is 0.530 e. The molecule has 0 saturated carbocycles. The van der Waals surface area contributed by atoms with Crippen LogP contribution >= 0.6 is 31.3 Å². The van der Waals surface area contributed by atoms with Gasteiger partial charge in [-0.05, 0) is 49.9 Å². The molecule has 4 aromatic carbocycles. The number of fused-ring (bicyclic) bond motifs is 4. The molecule has 20 atom stereocenters. The van der Waals surface area contributed by atoms with E-state index in [1.807, 2.05) is 5.32 Å². The monoisotopic (exact) mass is 1850 g/mol. The zero-order valence-corrected chi connectivity index (χ0v) is 66.7. The van der Waals surface area contributed by atoms with E-state index in [1.165, 1.54) is 4.98 Å². The van der Waals surface area contributed by atoms with Crippen LogP contribution in [0.4, 0.5) is 35.1 Å². The molecule has 0 spiro atoms. The Hall–Kier alpha value is -9.57. The summed E-state index contributed by atoms with van der Waals surface area (Å²) in [6, 6.07) is 19.8. The van der Waals surface area contributed by atoms with Gasteiger partial charge < -0.3 is 88.1 Å². The molecule has 0 bridgehead atoms. The third-order valence-corrected chi connectivity index (χ3v) is 23.8. The number of amides is 1. The molecule has 4 unspecified atom stereocenters. The predicted molar refractivity (Wildman–Crippen MR) is 391 cm³/mol. The molecule has 3 aromatic heterocycles. The lowest BCUT2D eigenvalue weighted by atomic mass is 10.1. The molecule has 43 nitrogen and oxygen atoms in total. The minimum atomic E-state index is -4.85. The van der Waals surface area contributed by atoms with Crippen molar-refractivity contribution in [3.05, 3.63) is 240 Å². The van der Waals surface area contributed by atoms with E-state index in [0.717, 1.165) is 0 Å². The fraction of sp³-hybridized carbons (Fsp3) is 0.406. The fourth-order valence-corrected chi connectivity index (χ4v) is 17.2. The first kappa shape index (κ1) is 84.0. The van der Waals surface area contributed by atoms with Gasteiger partial charge in [0.1, 0.15) is 104 Å². The second kappa shape index (κ2) is 35.0. The van der Waals surface area contributed by atoms with Crippen molar-refractivity contribution in [2.45, 2.75) is 151 Å². The Balaban J connectivity index is 0.000000148. The fourth-order valence-electron chi connectivity index (χ4n) is 12.3. The van der Waals surface area contributed by atoms with Crippen LogP contribution in [-0.4, -0.2) is 185 Å². The van der Waals surface area contributed by atoms with Gasteiger partial charge in [-0.25, -0.2) is 50.2 Å². The second-order valence-corrected chi connectivity index (χ2v) is 33.7. The van der Waals surface area contributed by atoms with Crippen LogP contribution in [0.15, 0.2) is 145 Å². The van der Waals surface area contributed by atoms with E-state index in [1.54, 1.807) is 110 Å². The van der Waals surface area contributed by atoms with Crippen molar-refractivity contribution in [3.8, 4) is 23.0 Å². The summed E-state index contributed by atoms with van der Waals surface area (Å²) >= 11 is 0. The topological polar surface area (TPSA) is 575 Å². The molecule has 16 rings (SSSR count). The van der Waals surface area contributed by atoms with Crippen LogP contribution in [0.3, 0.4) is 0 Å². The maximum Gasteiger partial charge on any atom is 0.530 e. The summed E-state index contributed by atoms with van der Waals surface area (Å²) in [7, 11) is -18.4. The maximum atomic E-state index is 15.8. The highest BCUT2D eigenvalue weighted by molar-refractivity contribution is 7.49. The van der Waals surface area contributed by atoms with Crippen molar-refractivity contribution in [1.82, 2.24) is 38.9 Å². The van der Waals surface area contributed by atoms with E-state index in [4.69, 9.17) is 81.5 Å². The van der Waals surface area contributed by atoms with E-state index in [-0.39, 0.29) is 71.0 Å². The first-order valence-corrected chi connectivity index (χ1v) is 41.2. The minimum absolute atomic E-state index is 0.0499. The molecule has 12 heterocycles. The van der Waals surface area contributed by atoms with Crippen LogP contribution in [0.2, 0.25) is 0 Å². The lowest BCUT2D eigenvalue weighted by Gasteiger charge is -2.33. The first-order chi connectivity index (χ1) is 60.3. The Morgan fingerprint density at radius 1 is 0.452 bits per heavy atom. The molecule has 7 aromatic rings. The van der Waals surface area contributed by atoms with Crippen molar-refractivity contribution >= 4 is 37.2 Å². The Morgan fingerprint density at radius 2 is 0.750 bits per heavy atom. The molecule has 55 heteroatoms. The zero-order chi connectivity index (χ0) is 95.6. The number of ether oxygens (including phenoxy) is 4. The summed E-state index contributed by atoms with van der Waals surface area (Å²) in [6.45, 7) is -1.32. The van der Waals surface area contributed by atoms with E-state index >= 15 is 17.6 Å². The molecular weight excluding hydrogens is 1780 g/mol. The molecule has 9 aliphatic heterocycles. The minimum Gasteiger partial charge on any atom is -0.403 e. The molecule has 0 radical (unpaired) electrons. The van der Waals surface area contributed by atoms with Gasteiger partial charge in [0.25, 0.3) is 46.0 Å². The van der Waals surface area contributed by atoms with E-state index in [2.05, 4.69) is 6.58 Å². The number of aliphatic hydroxyl groups is 8. The van der Waals surface area contributed by atoms with E-state index in [9.17, 15) is 110 Å². The Morgan fingerprint density at radius 3 is 1.14 bits per heavy atom. The smallest absolute Gasteiger partial charge is 0.403 e. The number of hydrogen-bond acceptors (Lipinski definition) is 36. The van der Waals surface area contributed by atoms with Gasteiger partial charge in [-0.2, -0.15) is 17.6 Å². The van der Waals surface area contributed by atoms with E-state index in [0.29, 0.717) is 66.4 Å². The quantitative estimate of drug-likeness (QED) is 0.0487. The lowest BCUT2D eigenvalue weighted by Crippen LogP contribution is -2.47. The number of halogens is 8. The summed E-state index contributed by atoms with van der Waals surface area (Å²) < 4.78 is 297. The van der Waals surface area contributed by atoms with Gasteiger partial charge in [0, 0.05) is 28.5 Å². The van der Waals surface area contributed by atoms with Crippen LogP contribution in [0.5, 0.6) is 23.0 Å². The predicted octanol–water partition coefficient (Wildman–Crippen LogP) is 3.39. The van der Waals surface area contributed by atoms with E-state index < -0.39 is 223 Å². The van der Waals surface area contributed by atoms with Crippen LogP contribution in [0.25, 0.3) is 0 Å². The van der Waals surface area contributed by atoms with Crippen LogP contribution in [-0.2, 0) is 105 Å². The number of hydrogen-bond donors (Lipinski definition) is 12. The number of alkyl halides is 4. The highest BCUT2D eigenvalue weighted by atomic mass is 31.2. The molecular formula is C69H70F8N8O35P4. The zero-order valence-electron chi connectivity index (χ0n) is 69.2. The van der Waals surface area contributed by atoms with Gasteiger partial charge in [-0.3, -0.25) is 84.0 Å². The molecule has 0 aliphatic carbocycles. The van der Waals surface area contributed by atoms with Crippen molar-refractivity contribution < 1.29 is 180 Å². The molecule has 4 saturated heterocycles. The molecule has 9 aliphatic rings. The van der Waals surface area contributed by atoms with Gasteiger partial charge in [0.15, 0.2) is 24.9 Å². The van der Waals surface area contributed by atoms with Crippen LogP contribution in [0.1, 0.15) is 71.4 Å². The van der Waals surface area contributed by atoms with Crippen LogP contribution in [0, 0.1) is 45.1 Å². The molecule has 4 fully saturated rings. The van der Waals surface area contributed by atoms with Crippen molar-refractivity contribution in [1.29, 1.82) is 0 Å².